The number of hydrogen-bond donors (Lipinski definition) is 1. The van der Waals surface area contributed by atoms with Gasteiger partial charge in [-0.3, -0.25) is 9.78 Å². The van der Waals surface area contributed by atoms with Crippen molar-refractivity contribution in [1.29, 1.82) is 0 Å². The molecule has 0 fully saturated rings. The van der Waals surface area contributed by atoms with E-state index in [1.165, 1.54) is 4.68 Å². The minimum Gasteiger partial charge on any atom is -0.468 e. The quantitative estimate of drug-likeness (QED) is 0.476. The zero-order valence-electron chi connectivity index (χ0n) is 16.7. The first-order chi connectivity index (χ1) is 15.2. The fraction of sp³-hybridized carbons (Fsp3) is 0.125. The third-order valence-electron chi connectivity index (χ3n) is 4.57. The van der Waals surface area contributed by atoms with Gasteiger partial charge in [0.05, 0.1) is 6.54 Å². The Morgan fingerprint density at radius 3 is 2.26 bits per heavy atom. The van der Waals surface area contributed by atoms with Crippen LogP contribution in [-0.2, 0) is 19.6 Å². The minimum atomic E-state index is -0.643. The molecule has 0 amide bonds. The average molecular weight is 415 g/mol. The molecule has 0 aliphatic carbocycles. The highest BCUT2D eigenvalue weighted by Crippen LogP contribution is 2.22. The molecule has 7 heteroatoms. The molecule has 4 rings (SSSR count). The van der Waals surface area contributed by atoms with Gasteiger partial charge in [-0.1, -0.05) is 60.7 Å². The van der Waals surface area contributed by atoms with Crippen LogP contribution >= 0.6 is 0 Å². The van der Waals surface area contributed by atoms with Crippen molar-refractivity contribution in [2.24, 2.45) is 0 Å². The van der Waals surface area contributed by atoms with E-state index in [-0.39, 0.29) is 19.0 Å². The van der Waals surface area contributed by atoms with Crippen molar-refractivity contribution in [3.8, 4) is 17.4 Å². The number of aromatic nitrogens is 3. The summed E-state index contributed by atoms with van der Waals surface area (Å²) in [5, 5.41) is 4.10. The first-order valence-electron chi connectivity index (χ1n) is 9.87. The number of hydrogen-bond acceptors (Lipinski definition) is 5. The maximum atomic E-state index is 12.2. The van der Waals surface area contributed by atoms with Crippen LogP contribution in [0.2, 0.25) is 0 Å². The summed E-state index contributed by atoms with van der Waals surface area (Å²) in [6, 6.07) is 26.6. The monoisotopic (exact) mass is 415 g/mol. The van der Waals surface area contributed by atoms with Crippen LogP contribution in [0.4, 0.5) is 0 Å². The fourth-order valence-corrected chi connectivity index (χ4v) is 3.01. The van der Waals surface area contributed by atoms with Crippen LogP contribution in [0.15, 0.2) is 94.5 Å². The van der Waals surface area contributed by atoms with Gasteiger partial charge in [-0.15, -0.1) is 5.10 Å². The number of aromatic amines is 1. The molecule has 0 atom stereocenters. The van der Waals surface area contributed by atoms with E-state index in [9.17, 15) is 9.59 Å². The molecule has 0 aliphatic rings. The summed E-state index contributed by atoms with van der Waals surface area (Å²) in [4.78, 5) is 26.5. The molecule has 0 radical (unpaired) electrons. The predicted molar refractivity (Wildman–Crippen MR) is 117 cm³/mol. The van der Waals surface area contributed by atoms with Crippen LogP contribution in [0.1, 0.15) is 11.1 Å². The lowest BCUT2D eigenvalue weighted by molar-refractivity contribution is 0.275. The molecule has 7 nitrogen and oxygen atoms in total. The molecule has 0 unspecified atom stereocenters. The van der Waals surface area contributed by atoms with Gasteiger partial charge in [0.15, 0.2) is 0 Å². The van der Waals surface area contributed by atoms with Crippen molar-refractivity contribution >= 4 is 0 Å². The molecule has 156 valence electrons. The van der Waals surface area contributed by atoms with E-state index >= 15 is 0 Å². The Hall–Kier alpha value is -4.13. The molecule has 0 aliphatic heterocycles. The maximum absolute atomic E-state index is 12.2. The Balaban J connectivity index is 1.44. The van der Waals surface area contributed by atoms with Crippen LogP contribution in [0, 0.1) is 0 Å². The summed E-state index contributed by atoms with van der Waals surface area (Å²) in [6.45, 7) is 0.472. The summed E-state index contributed by atoms with van der Waals surface area (Å²) in [6.07, 6.45) is 0.531. The lowest BCUT2D eigenvalue weighted by atomic mass is 10.1. The van der Waals surface area contributed by atoms with E-state index in [1.54, 1.807) is 0 Å². The summed E-state index contributed by atoms with van der Waals surface area (Å²) < 4.78 is 12.6. The molecular formula is C24H21N3O4. The predicted octanol–water partition coefficient (Wildman–Crippen LogP) is 3.55. The summed E-state index contributed by atoms with van der Waals surface area (Å²) in [7, 11) is 0. The molecule has 3 aromatic carbocycles. The van der Waals surface area contributed by atoms with E-state index in [0.29, 0.717) is 12.2 Å². The van der Waals surface area contributed by atoms with Crippen LogP contribution in [0.25, 0.3) is 0 Å². The van der Waals surface area contributed by atoms with E-state index in [1.807, 2.05) is 84.9 Å². The molecule has 0 saturated heterocycles. The van der Waals surface area contributed by atoms with E-state index in [2.05, 4.69) is 10.1 Å². The molecule has 0 saturated carbocycles. The fourth-order valence-electron chi connectivity index (χ4n) is 3.01. The van der Waals surface area contributed by atoms with Gasteiger partial charge in [0.2, 0.25) is 0 Å². The Labute approximate surface area is 178 Å². The van der Waals surface area contributed by atoms with E-state index in [4.69, 9.17) is 9.47 Å². The normalized spacial score (nSPS) is 10.6. The van der Waals surface area contributed by atoms with Crippen LogP contribution in [0.3, 0.4) is 0 Å². The molecule has 1 N–H and O–H groups in total. The first-order valence-corrected chi connectivity index (χ1v) is 9.87. The molecule has 1 heterocycles. The van der Waals surface area contributed by atoms with Gasteiger partial charge in [-0.05, 0) is 41.8 Å². The zero-order chi connectivity index (χ0) is 21.5. The van der Waals surface area contributed by atoms with Crippen molar-refractivity contribution in [3.05, 3.63) is 117 Å². The molecule has 0 bridgehead atoms. The van der Waals surface area contributed by atoms with Crippen molar-refractivity contribution in [2.75, 3.05) is 0 Å². The molecule has 1 aromatic heterocycles. The summed E-state index contributed by atoms with van der Waals surface area (Å²) >= 11 is 0. The Bertz CT molecular complexity index is 1250. The number of ether oxygens (including phenoxy) is 2. The van der Waals surface area contributed by atoms with Crippen molar-refractivity contribution in [2.45, 2.75) is 19.6 Å². The zero-order valence-corrected chi connectivity index (χ0v) is 16.7. The first kappa shape index (κ1) is 20.2. The van der Waals surface area contributed by atoms with Gasteiger partial charge in [-0.25, -0.2) is 9.48 Å². The van der Waals surface area contributed by atoms with Crippen LogP contribution in [-0.4, -0.2) is 14.8 Å². The minimum absolute atomic E-state index is 0.135. The number of benzene rings is 3. The van der Waals surface area contributed by atoms with Crippen molar-refractivity contribution in [1.82, 2.24) is 14.8 Å². The van der Waals surface area contributed by atoms with Crippen molar-refractivity contribution < 1.29 is 9.47 Å². The second-order valence-corrected chi connectivity index (χ2v) is 6.87. The molecular weight excluding hydrogens is 394 g/mol. The van der Waals surface area contributed by atoms with Gasteiger partial charge in [0, 0.05) is 0 Å². The second-order valence-electron chi connectivity index (χ2n) is 6.87. The highest BCUT2D eigenvalue weighted by molar-refractivity contribution is 5.33. The third-order valence-corrected chi connectivity index (χ3v) is 4.57. The van der Waals surface area contributed by atoms with Crippen LogP contribution < -0.4 is 20.7 Å². The lowest BCUT2D eigenvalue weighted by Gasteiger charge is -2.09. The number of nitrogens with zero attached hydrogens (tertiary/aromatic N) is 2. The van der Waals surface area contributed by atoms with Gasteiger partial charge in [0.1, 0.15) is 18.1 Å². The Morgan fingerprint density at radius 2 is 1.48 bits per heavy atom. The van der Waals surface area contributed by atoms with Crippen LogP contribution in [0.5, 0.6) is 17.4 Å². The standard InChI is InChI=1S/C24H21N3O4/c28-22-23(30-17-19-8-3-1-4-9-19)26-27(24(29)25-22)15-14-18-10-7-13-21(16-18)31-20-11-5-2-6-12-20/h1-13,16H,14-15,17H2,(H,25,28,29). The number of H-pyrrole nitrogens is 1. The highest BCUT2D eigenvalue weighted by Gasteiger charge is 2.09. The van der Waals surface area contributed by atoms with E-state index < -0.39 is 11.2 Å². The van der Waals surface area contributed by atoms with Gasteiger partial charge in [-0.2, -0.15) is 0 Å². The Kier molecular flexibility index (Phi) is 6.23. The van der Waals surface area contributed by atoms with Crippen molar-refractivity contribution in [3.63, 3.8) is 0 Å². The number of para-hydroxylation sites is 1. The lowest BCUT2D eigenvalue weighted by Crippen LogP contribution is -2.33. The SMILES string of the molecule is O=c1[nH]c(=O)n(CCc2cccc(Oc3ccccc3)c2)nc1OCc1ccccc1. The average Bonchev–Trinajstić information content (AvgIpc) is 2.79. The molecule has 31 heavy (non-hydrogen) atoms. The van der Waals surface area contributed by atoms with E-state index in [0.717, 1.165) is 16.9 Å². The highest BCUT2D eigenvalue weighted by atomic mass is 16.5. The van der Waals surface area contributed by atoms with Gasteiger partial charge in [0.25, 0.3) is 5.88 Å². The van der Waals surface area contributed by atoms with Gasteiger partial charge >= 0.3 is 11.2 Å². The summed E-state index contributed by atoms with van der Waals surface area (Å²) in [5.41, 5.74) is 0.654. The number of nitrogens with one attached hydrogen (secondary N) is 1. The maximum Gasteiger partial charge on any atom is 0.344 e. The third kappa shape index (κ3) is 5.48. The second kappa shape index (κ2) is 9.58. The smallest absolute Gasteiger partial charge is 0.344 e. The largest absolute Gasteiger partial charge is 0.468 e. The van der Waals surface area contributed by atoms with Gasteiger partial charge < -0.3 is 9.47 Å². The summed E-state index contributed by atoms with van der Waals surface area (Å²) in [5.74, 6) is 1.32. The molecule has 0 spiro atoms. The number of rotatable bonds is 8. The topological polar surface area (TPSA) is 86.2 Å². The Morgan fingerprint density at radius 1 is 0.806 bits per heavy atom. The molecule has 4 aromatic rings. The number of aryl methyl sites for hydroxylation is 2.